The Balaban J connectivity index is 1.46. The Labute approximate surface area is 208 Å². The van der Waals surface area contributed by atoms with Crippen LogP contribution < -0.4 is 4.74 Å². The Morgan fingerprint density at radius 2 is 1.56 bits per heavy atom. The average molecular weight is 466 g/mol. The van der Waals surface area contributed by atoms with Crippen LogP contribution in [0.25, 0.3) is 11.3 Å². The fourth-order valence-electron chi connectivity index (χ4n) is 5.19. The molecule has 1 aromatic carbocycles. The average Bonchev–Trinajstić information content (AvgIpc) is 2.85. The Bertz CT molecular complexity index is 847. The predicted molar refractivity (Wildman–Crippen MR) is 144 cm³/mol. The molecule has 1 atom stereocenters. The topological polar surface area (TPSA) is 42.4 Å². The summed E-state index contributed by atoms with van der Waals surface area (Å²) in [7, 11) is 0. The van der Waals surface area contributed by atoms with Gasteiger partial charge in [-0.05, 0) is 55.4 Å². The highest BCUT2D eigenvalue weighted by Crippen LogP contribution is 2.34. The van der Waals surface area contributed by atoms with Crippen LogP contribution >= 0.6 is 0 Å². The van der Waals surface area contributed by atoms with Gasteiger partial charge in [-0.15, -0.1) is 0 Å². The number of hydrogen-bond donors (Lipinski definition) is 1. The molecular formula is C31H47NO2. The van der Waals surface area contributed by atoms with E-state index in [1.165, 1.54) is 94.7 Å². The van der Waals surface area contributed by atoms with Gasteiger partial charge in [0.05, 0.1) is 12.3 Å². The molecule has 0 unspecified atom stereocenters. The molecule has 1 aliphatic rings. The number of nitrogens with zero attached hydrogens (tertiary/aromatic N) is 1. The first-order chi connectivity index (χ1) is 16.7. The van der Waals surface area contributed by atoms with E-state index in [-0.39, 0.29) is 5.75 Å². The highest BCUT2D eigenvalue weighted by molar-refractivity contribution is 5.68. The Hall–Kier alpha value is -2.03. The second kappa shape index (κ2) is 15.1. The molecule has 0 bridgehead atoms. The van der Waals surface area contributed by atoms with Crippen LogP contribution in [0.15, 0.2) is 30.3 Å². The summed E-state index contributed by atoms with van der Waals surface area (Å²) in [6.45, 7) is 5.24. The summed E-state index contributed by atoms with van der Waals surface area (Å²) in [5.41, 5.74) is 4.29. The molecule has 0 radical (unpaired) electrons. The van der Waals surface area contributed by atoms with Crippen molar-refractivity contribution in [3.05, 3.63) is 41.6 Å². The van der Waals surface area contributed by atoms with Crippen molar-refractivity contribution < 1.29 is 9.84 Å². The minimum absolute atomic E-state index is 0.255. The maximum Gasteiger partial charge on any atom is 0.128 e. The Kier molecular flexibility index (Phi) is 11.8. The van der Waals surface area contributed by atoms with Crippen molar-refractivity contribution in [1.82, 2.24) is 4.98 Å². The number of rotatable bonds is 16. The smallest absolute Gasteiger partial charge is 0.128 e. The molecule has 3 rings (SSSR count). The van der Waals surface area contributed by atoms with Crippen LogP contribution in [-0.4, -0.2) is 16.7 Å². The van der Waals surface area contributed by atoms with Crippen molar-refractivity contribution in [1.29, 1.82) is 0 Å². The van der Waals surface area contributed by atoms with Gasteiger partial charge >= 0.3 is 0 Å². The molecule has 34 heavy (non-hydrogen) atoms. The number of phenols is 1. The first-order valence-electron chi connectivity index (χ1n) is 14.2. The lowest BCUT2D eigenvalue weighted by Crippen LogP contribution is -2.15. The van der Waals surface area contributed by atoms with E-state index in [2.05, 4.69) is 26.0 Å². The molecule has 3 nitrogen and oxygen atoms in total. The summed E-state index contributed by atoms with van der Waals surface area (Å²) in [6, 6.07) is 9.98. The highest BCUT2D eigenvalue weighted by atomic mass is 16.5. The van der Waals surface area contributed by atoms with Crippen molar-refractivity contribution in [2.45, 2.75) is 117 Å². The highest BCUT2D eigenvalue weighted by Gasteiger charge is 2.20. The first kappa shape index (κ1) is 26.6. The summed E-state index contributed by atoms with van der Waals surface area (Å²) >= 11 is 0. The van der Waals surface area contributed by atoms with Crippen LogP contribution in [-0.2, 0) is 12.8 Å². The van der Waals surface area contributed by atoms with E-state index in [4.69, 9.17) is 9.72 Å². The van der Waals surface area contributed by atoms with Crippen molar-refractivity contribution in [2.75, 3.05) is 6.61 Å². The maximum atomic E-state index is 10.7. The minimum Gasteiger partial charge on any atom is -0.507 e. The number of fused-ring (bicyclic) bond motifs is 1. The fraction of sp³-hybridized carbons (Fsp3) is 0.645. The quantitative estimate of drug-likeness (QED) is 0.251. The van der Waals surface area contributed by atoms with Crippen LogP contribution in [0, 0.1) is 5.92 Å². The van der Waals surface area contributed by atoms with E-state index in [1.54, 1.807) is 6.07 Å². The summed E-state index contributed by atoms with van der Waals surface area (Å²) in [6.07, 6.45) is 20.5. The molecular weight excluding hydrogens is 418 g/mol. The van der Waals surface area contributed by atoms with E-state index in [1.807, 2.05) is 12.1 Å². The minimum atomic E-state index is 0.255. The molecule has 0 spiro atoms. The fourth-order valence-corrected chi connectivity index (χ4v) is 5.19. The second-order valence-electron chi connectivity index (χ2n) is 10.3. The zero-order valence-corrected chi connectivity index (χ0v) is 21.8. The molecule has 3 heteroatoms. The molecule has 1 heterocycles. The number of benzene rings is 1. The van der Waals surface area contributed by atoms with Gasteiger partial charge in [0.2, 0.25) is 0 Å². The number of phenolic OH excluding ortho intramolecular Hbond substituents is 1. The molecule has 0 aliphatic heterocycles. The van der Waals surface area contributed by atoms with Gasteiger partial charge in [-0.2, -0.15) is 0 Å². The SMILES string of the molecule is CCCCCCCCCOc1ccc(-c2ccc3c(n2)CC[C@H](CCCCCCC)C3)c(O)c1. The number of hydrogen-bond acceptors (Lipinski definition) is 3. The molecule has 1 aromatic heterocycles. The normalized spacial score (nSPS) is 15.3. The Morgan fingerprint density at radius 3 is 2.29 bits per heavy atom. The number of pyridine rings is 1. The van der Waals surface area contributed by atoms with Gasteiger partial charge in [-0.3, -0.25) is 4.98 Å². The molecule has 2 aromatic rings. The lowest BCUT2D eigenvalue weighted by molar-refractivity contribution is 0.303. The van der Waals surface area contributed by atoms with Gasteiger partial charge < -0.3 is 9.84 Å². The van der Waals surface area contributed by atoms with Crippen molar-refractivity contribution in [2.24, 2.45) is 5.92 Å². The molecule has 0 fully saturated rings. The number of aromatic hydroxyl groups is 1. The van der Waals surface area contributed by atoms with E-state index in [0.29, 0.717) is 6.61 Å². The second-order valence-corrected chi connectivity index (χ2v) is 10.3. The van der Waals surface area contributed by atoms with Gasteiger partial charge in [-0.25, -0.2) is 0 Å². The van der Waals surface area contributed by atoms with Crippen LogP contribution in [0.2, 0.25) is 0 Å². The maximum absolute atomic E-state index is 10.7. The summed E-state index contributed by atoms with van der Waals surface area (Å²) < 4.78 is 5.88. The zero-order valence-electron chi connectivity index (χ0n) is 21.8. The summed E-state index contributed by atoms with van der Waals surface area (Å²) in [5.74, 6) is 1.81. The van der Waals surface area contributed by atoms with Gasteiger partial charge in [-0.1, -0.05) is 97.0 Å². The van der Waals surface area contributed by atoms with E-state index >= 15 is 0 Å². The van der Waals surface area contributed by atoms with Gasteiger partial charge in [0.1, 0.15) is 11.5 Å². The largest absolute Gasteiger partial charge is 0.507 e. The van der Waals surface area contributed by atoms with E-state index in [0.717, 1.165) is 42.2 Å². The molecule has 188 valence electrons. The molecule has 0 saturated carbocycles. The monoisotopic (exact) mass is 465 g/mol. The number of aryl methyl sites for hydroxylation is 1. The molecule has 0 amide bonds. The first-order valence-corrected chi connectivity index (χ1v) is 14.2. The number of unbranched alkanes of at least 4 members (excludes halogenated alkanes) is 10. The van der Waals surface area contributed by atoms with E-state index in [9.17, 15) is 5.11 Å². The molecule has 1 N–H and O–H groups in total. The van der Waals surface area contributed by atoms with Crippen molar-refractivity contribution in [3.8, 4) is 22.8 Å². The third kappa shape index (κ3) is 8.64. The van der Waals surface area contributed by atoms with Crippen LogP contribution in [0.4, 0.5) is 0 Å². The lowest BCUT2D eigenvalue weighted by Gasteiger charge is -2.24. The zero-order chi connectivity index (χ0) is 24.0. The summed E-state index contributed by atoms with van der Waals surface area (Å²) in [5, 5.41) is 10.7. The third-order valence-corrected chi connectivity index (χ3v) is 7.34. The van der Waals surface area contributed by atoms with Gasteiger partial charge in [0.25, 0.3) is 0 Å². The van der Waals surface area contributed by atoms with Crippen LogP contribution in [0.3, 0.4) is 0 Å². The Morgan fingerprint density at radius 1 is 0.853 bits per heavy atom. The van der Waals surface area contributed by atoms with Gasteiger partial charge in [0.15, 0.2) is 0 Å². The number of ether oxygens (including phenoxy) is 1. The van der Waals surface area contributed by atoms with E-state index < -0.39 is 0 Å². The number of aromatic nitrogens is 1. The van der Waals surface area contributed by atoms with Crippen molar-refractivity contribution in [3.63, 3.8) is 0 Å². The predicted octanol–water partition coefficient (Wildman–Crippen LogP) is 9.05. The van der Waals surface area contributed by atoms with Crippen LogP contribution in [0.5, 0.6) is 11.5 Å². The third-order valence-electron chi connectivity index (χ3n) is 7.34. The van der Waals surface area contributed by atoms with Crippen LogP contribution in [0.1, 0.15) is 115 Å². The standard InChI is InChI=1S/C31H47NO2/c1-3-5-7-9-10-12-14-22-34-27-18-19-28(31(33)24-27)30-21-17-26-23-25(16-20-29(26)32-30)15-13-11-8-6-4-2/h17-19,21,24-25,33H,3-16,20,22-23H2,1-2H3/t25-/m0/s1. The molecule has 1 aliphatic carbocycles. The summed E-state index contributed by atoms with van der Waals surface area (Å²) in [4.78, 5) is 4.95. The molecule has 0 saturated heterocycles. The van der Waals surface area contributed by atoms with Crippen molar-refractivity contribution >= 4 is 0 Å². The van der Waals surface area contributed by atoms with Gasteiger partial charge in [0, 0.05) is 17.3 Å². The lowest BCUT2D eigenvalue weighted by atomic mass is 9.83.